The number of esters is 1. The lowest BCUT2D eigenvalue weighted by Crippen LogP contribution is -2.43. The van der Waals surface area contributed by atoms with Crippen LogP contribution >= 0.6 is 12.4 Å². The van der Waals surface area contributed by atoms with Crippen LogP contribution in [0.1, 0.15) is 26.7 Å². The van der Waals surface area contributed by atoms with Gasteiger partial charge in [0.1, 0.15) is 6.10 Å². The average Bonchev–Trinajstić information content (AvgIpc) is 2.83. The van der Waals surface area contributed by atoms with E-state index in [1.807, 2.05) is 0 Å². The van der Waals surface area contributed by atoms with Gasteiger partial charge in [-0.15, -0.1) is 12.4 Å². The third-order valence-corrected chi connectivity index (χ3v) is 3.11. The summed E-state index contributed by atoms with van der Waals surface area (Å²) in [6, 6.07) is 0. The number of carbonyl (C=O) groups is 2. The minimum absolute atomic E-state index is 0. The molecule has 0 aromatic rings. The van der Waals surface area contributed by atoms with E-state index in [0.717, 1.165) is 6.42 Å². The summed E-state index contributed by atoms with van der Waals surface area (Å²) in [7, 11) is 1.33. The largest absolute Gasteiger partial charge is 0.469 e. The normalized spacial score (nSPS) is 22.5. The molecule has 0 saturated carbocycles. The topological polar surface area (TPSA) is 90.7 Å². The minimum Gasteiger partial charge on any atom is -0.469 e. The van der Waals surface area contributed by atoms with E-state index >= 15 is 0 Å². The molecule has 0 unspecified atom stereocenters. The van der Waals surface area contributed by atoms with Crippen LogP contribution in [0.15, 0.2) is 0 Å². The smallest absolute Gasteiger partial charge is 0.313 e. The van der Waals surface area contributed by atoms with Crippen molar-refractivity contribution in [3.8, 4) is 0 Å². The van der Waals surface area contributed by atoms with Gasteiger partial charge in [-0.25, -0.2) is 0 Å². The Balaban J connectivity index is 0.00000324. The summed E-state index contributed by atoms with van der Waals surface area (Å²) in [5, 5.41) is 2.72. The molecule has 7 heteroatoms. The van der Waals surface area contributed by atoms with Crippen LogP contribution in [0.25, 0.3) is 0 Å². The molecule has 3 N–H and O–H groups in total. The Morgan fingerprint density at radius 1 is 1.42 bits per heavy atom. The molecule has 1 rings (SSSR count). The first-order valence-electron chi connectivity index (χ1n) is 6.12. The first-order valence-corrected chi connectivity index (χ1v) is 6.12. The van der Waals surface area contributed by atoms with Crippen molar-refractivity contribution in [1.82, 2.24) is 5.32 Å². The third kappa shape index (κ3) is 4.97. The van der Waals surface area contributed by atoms with Crippen molar-refractivity contribution in [1.29, 1.82) is 0 Å². The molecule has 1 aliphatic heterocycles. The predicted molar refractivity (Wildman–Crippen MR) is 73.0 cm³/mol. The molecule has 0 bridgehead atoms. The first-order chi connectivity index (χ1) is 8.40. The van der Waals surface area contributed by atoms with Crippen LogP contribution in [0.2, 0.25) is 0 Å². The van der Waals surface area contributed by atoms with E-state index in [-0.39, 0.29) is 36.9 Å². The maximum atomic E-state index is 11.8. The summed E-state index contributed by atoms with van der Waals surface area (Å²) >= 11 is 0. The van der Waals surface area contributed by atoms with Gasteiger partial charge in [0.05, 0.1) is 18.6 Å². The molecule has 1 aliphatic rings. The lowest BCUT2D eigenvalue weighted by Gasteiger charge is -2.22. The number of methoxy groups -OCH3 is 1. The summed E-state index contributed by atoms with van der Waals surface area (Å²) < 4.78 is 10.1. The predicted octanol–water partition coefficient (Wildman–Crippen LogP) is 0.230. The standard InChI is InChI=1S/C12H22N2O4.ClH/c1-12(2,11(16)17-3)7-14-10(15)9-5-4-8(6-13)18-9;/h8-9H,4-7,13H2,1-3H3,(H,14,15);1H/t8-,9+;/m1./s1. The number of carbonyl (C=O) groups excluding carboxylic acids is 2. The van der Waals surface area contributed by atoms with E-state index < -0.39 is 11.5 Å². The van der Waals surface area contributed by atoms with Crippen LogP contribution < -0.4 is 11.1 Å². The summed E-state index contributed by atoms with van der Waals surface area (Å²) in [6.45, 7) is 4.09. The van der Waals surface area contributed by atoms with E-state index in [2.05, 4.69) is 10.1 Å². The molecular formula is C12H23ClN2O4. The van der Waals surface area contributed by atoms with E-state index in [9.17, 15) is 9.59 Å². The summed E-state index contributed by atoms with van der Waals surface area (Å²) in [6.07, 6.45) is 0.989. The van der Waals surface area contributed by atoms with Crippen LogP contribution in [-0.2, 0) is 19.1 Å². The zero-order valence-electron chi connectivity index (χ0n) is 11.6. The number of halogens is 1. The fourth-order valence-corrected chi connectivity index (χ4v) is 1.84. The van der Waals surface area contributed by atoms with Crippen LogP contribution in [0, 0.1) is 5.41 Å². The fourth-order valence-electron chi connectivity index (χ4n) is 1.84. The van der Waals surface area contributed by atoms with Gasteiger partial charge in [0, 0.05) is 13.1 Å². The maximum Gasteiger partial charge on any atom is 0.313 e. The second-order valence-electron chi connectivity index (χ2n) is 5.15. The Labute approximate surface area is 119 Å². The Kier molecular flexibility index (Phi) is 7.33. The highest BCUT2D eigenvalue weighted by atomic mass is 35.5. The number of nitrogens with two attached hydrogens (primary N) is 1. The van der Waals surface area contributed by atoms with Gasteiger partial charge in [0.15, 0.2) is 0 Å². The van der Waals surface area contributed by atoms with Crippen molar-refractivity contribution in [2.75, 3.05) is 20.2 Å². The lowest BCUT2D eigenvalue weighted by molar-refractivity contribution is -0.150. The highest BCUT2D eigenvalue weighted by Crippen LogP contribution is 2.20. The number of amides is 1. The van der Waals surface area contributed by atoms with E-state index in [1.165, 1.54) is 7.11 Å². The van der Waals surface area contributed by atoms with Crippen molar-refractivity contribution in [3.63, 3.8) is 0 Å². The van der Waals surface area contributed by atoms with Crippen LogP contribution in [0.5, 0.6) is 0 Å². The summed E-state index contributed by atoms with van der Waals surface area (Å²) in [5.74, 6) is -0.544. The van der Waals surface area contributed by atoms with E-state index in [4.69, 9.17) is 10.5 Å². The molecule has 1 fully saturated rings. The molecular weight excluding hydrogens is 272 g/mol. The van der Waals surface area contributed by atoms with Crippen molar-refractivity contribution < 1.29 is 19.1 Å². The summed E-state index contributed by atoms with van der Waals surface area (Å²) in [4.78, 5) is 23.3. The van der Waals surface area contributed by atoms with Gasteiger partial charge in [0.25, 0.3) is 0 Å². The van der Waals surface area contributed by atoms with Crippen LogP contribution in [0.4, 0.5) is 0 Å². The average molecular weight is 295 g/mol. The van der Waals surface area contributed by atoms with Gasteiger partial charge in [-0.1, -0.05) is 0 Å². The molecule has 0 spiro atoms. The Bertz CT molecular complexity index is 323. The monoisotopic (exact) mass is 294 g/mol. The van der Waals surface area contributed by atoms with Crippen LogP contribution in [-0.4, -0.2) is 44.3 Å². The lowest BCUT2D eigenvalue weighted by atomic mass is 9.93. The second-order valence-corrected chi connectivity index (χ2v) is 5.15. The first kappa shape index (κ1) is 18.1. The quantitative estimate of drug-likeness (QED) is 0.708. The van der Waals surface area contributed by atoms with E-state index in [0.29, 0.717) is 13.0 Å². The molecule has 1 heterocycles. The van der Waals surface area contributed by atoms with Gasteiger partial charge in [0.2, 0.25) is 5.91 Å². The van der Waals surface area contributed by atoms with Crippen molar-refractivity contribution >= 4 is 24.3 Å². The Morgan fingerprint density at radius 3 is 2.53 bits per heavy atom. The molecule has 1 amide bonds. The number of hydrogen-bond acceptors (Lipinski definition) is 5. The molecule has 19 heavy (non-hydrogen) atoms. The maximum absolute atomic E-state index is 11.8. The molecule has 112 valence electrons. The zero-order chi connectivity index (χ0) is 13.8. The van der Waals surface area contributed by atoms with Crippen molar-refractivity contribution in [2.24, 2.45) is 11.1 Å². The summed E-state index contributed by atoms with van der Waals surface area (Å²) in [5.41, 5.74) is 4.74. The van der Waals surface area contributed by atoms with Gasteiger partial charge in [-0.05, 0) is 26.7 Å². The number of rotatable bonds is 5. The number of nitrogens with one attached hydrogen (secondary N) is 1. The Morgan fingerprint density at radius 2 is 2.05 bits per heavy atom. The highest BCUT2D eigenvalue weighted by Gasteiger charge is 2.33. The number of hydrogen-bond donors (Lipinski definition) is 2. The SMILES string of the molecule is COC(=O)C(C)(C)CNC(=O)[C@@H]1CC[C@H](CN)O1.Cl. The van der Waals surface area contributed by atoms with Crippen LogP contribution in [0.3, 0.4) is 0 Å². The molecule has 6 nitrogen and oxygen atoms in total. The molecule has 2 atom stereocenters. The van der Waals surface area contributed by atoms with Gasteiger partial charge >= 0.3 is 5.97 Å². The fraction of sp³-hybridized carbons (Fsp3) is 0.833. The molecule has 0 radical (unpaired) electrons. The zero-order valence-corrected chi connectivity index (χ0v) is 12.4. The second kappa shape index (κ2) is 7.67. The highest BCUT2D eigenvalue weighted by molar-refractivity contribution is 5.85. The Hall–Kier alpha value is -0.850. The van der Waals surface area contributed by atoms with Gasteiger partial charge in [-0.2, -0.15) is 0 Å². The molecule has 0 aromatic heterocycles. The molecule has 0 aliphatic carbocycles. The van der Waals surface area contributed by atoms with Crippen molar-refractivity contribution in [2.45, 2.75) is 38.9 Å². The van der Waals surface area contributed by atoms with E-state index in [1.54, 1.807) is 13.8 Å². The van der Waals surface area contributed by atoms with Crippen molar-refractivity contribution in [3.05, 3.63) is 0 Å². The third-order valence-electron chi connectivity index (χ3n) is 3.11. The minimum atomic E-state index is -0.740. The van der Waals surface area contributed by atoms with Gasteiger partial charge in [-0.3, -0.25) is 9.59 Å². The number of ether oxygens (including phenoxy) is 2. The molecule has 1 saturated heterocycles. The van der Waals surface area contributed by atoms with Gasteiger partial charge < -0.3 is 20.5 Å². The molecule has 0 aromatic carbocycles.